The molecule has 0 spiro atoms. The van der Waals surface area contributed by atoms with E-state index in [4.69, 9.17) is 0 Å². The standard InChI is InChI=1S/C32H32/c1-31(2,3)21-15-17-27-24-12-8-10-14-26(24)30-20-22(32(4,5)6)16-18-28(30)23-11-7-9-13-25(23)29(27)19-21/h7-20H,1-6H3. The van der Waals surface area contributed by atoms with Gasteiger partial charge in [-0.1, -0.05) is 114 Å². The van der Waals surface area contributed by atoms with Crippen LogP contribution in [0.15, 0.2) is 84.9 Å². The van der Waals surface area contributed by atoms with Crippen molar-refractivity contribution in [1.29, 1.82) is 0 Å². The van der Waals surface area contributed by atoms with E-state index in [1.54, 1.807) is 0 Å². The van der Waals surface area contributed by atoms with Crippen molar-refractivity contribution in [3.8, 4) is 44.5 Å². The summed E-state index contributed by atoms with van der Waals surface area (Å²) in [5, 5.41) is 0. The predicted molar refractivity (Wildman–Crippen MR) is 139 cm³/mol. The van der Waals surface area contributed by atoms with Gasteiger partial charge in [-0.15, -0.1) is 0 Å². The zero-order valence-corrected chi connectivity index (χ0v) is 20.1. The Labute approximate surface area is 193 Å². The first-order chi connectivity index (χ1) is 15.1. The van der Waals surface area contributed by atoms with Crippen LogP contribution in [0.4, 0.5) is 0 Å². The second-order valence-electron chi connectivity index (χ2n) is 11.1. The normalized spacial score (nSPS) is 12.7. The fourth-order valence-electron chi connectivity index (χ4n) is 4.84. The highest BCUT2D eigenvalue weighted by Crippen LogP contribution is 2.49. The highest BCUT2D eigenvalue weighted by Gasteiger charge is 2.25. The lowest BCUT2D eigenvalue weighted by Gasteiger charge is -2.27. The van der Waals surface area contributed by atoms with E-state index in [2.05, 4.69) is 126 Å². The summed E-state index contributed by atoms with van der Waals surface area (Å²) in [7, 11) is 0. The molecular weight excluding hydrogens is 384 g/mol. The minimum atomic E-state index is 0.103. The van der Waals surface area contributed by atoms with Gasteiger partial charge >= 0.3 is 0 Å². The van der Waals surface area contributed by atoms with Gasteiger partial charge in [-0.05, 0) is 78.6 Å². The molecule has 1 aliphatic carbocycles. The first-order valence-corrected chi connectivity index (χ1v) is 11.6. The third kappa shape index (κ3) is 3.39. The van der Waals surface area contributed by atoms with Gasteiger partial charge in [0.05, 0.1) is 0 Å². The fourth-order valence-corrected chi connectivity index (χ4v) is 4.84. The summed E-state index contributed by atoms with van der Waals surface area (Å²) in [5.74, 6) is 0. The van der Waals surface area contributed by atoms with E-state index < -0.39 is 0 Å². The van der Waals surface area contributed by atoms with E-state index in [-0.39, 0.29) is 10.8 Å². The molecule has 0 nitrogen and oxygen atoms in total. The van der Waals surface area contributed by atoms with Crippen molar-refractivity contribution in [2.75, 3.05) is 0 Å². The topological polar surface area (TPSA) is 0 Å². The zero-order chi connectivity index (χ0) is 22.7. The van der Waals surface area contributed by atoms with Crippen molar-refractivity contribution < 1.29 is 0 Å². The molecule has 0 fully saturated rings. The Kier molecular flexibility index (Phi) is 4.67. The van der Waals surface area contributed by atoms with Crippen LogP contribution >= 0.6 is 0 Å². The van der Waals surface area contributed by atoms with Crippen molar-refractivity contribution in [3.63, 3.8) is 0 Å². The SMILES string of the molecule is CC(C)(C)c1ccc2c(c1)-c1ccccc1-c1ccc(C(C)(C)C)cc1-c1ccccc1-2. The summed E-state index contributed by atoms with van der Waals surface area (Å²) in [6, 6.07) is 31.9. The molecule has 32 heavy (non-hydrogen) atoms. The van der Waals surface area contributed by atoms with E-state index in [1.807, 2.05) is 0 Å². The van der Waals surface area contributed by atoms with Gasteiger partial charge in [0.1, 0.15) is 0 Å². The maximum Gasteiger partial charge on any atom is -0.00960 e. The molecule has 0 heterocycles. The number of rotatable bonds is 0. The Balaban J connectivity index is 1.92. The predicted octanol–water partition coefficient (Wildman–Crippen LogP) is 9.26. The lowest BCUT2D eigenvalue weighted by molar-refractivity contribution is 0.590. The Bertz CT molecular complexity index is 1220. The Morgan fingerprint density at radius 3 is 0.938 bits per heavy atom. The number of hydrogen-bond donors (Lipinski definition) is 0. The second-order valence-corrected chi connectivity index (χ2v) is 11.1. The molecule has 0 aromatic heterocycles. The summed E-state index contributed by atoms with van der Waals surface area (Å²) in [5.41, 5.74) is 13.5. The lowest BCUT2D eigenvalue weighted by atomic mass is 9.76. The van der Waals surface area contributed by atoms with E-state index in [0.717, 1.165) is 0 Å². The van der Waals surface area contributed by atoms with Gasteiger partial charge in [0, 0.05) is 0 Å². The Hall–Kier alpha value is -3.12. The molecule has 0 atom stereocenters. The van der Waals surface area contributed by atoms with E-state index >= 15 is 0 Å². The molecule has 0 amide bonds. The van der Waals surface area contributed by atoms with Gasteiger partial charge in [-0.25, -0.2) is 0 Å². The number of fused-ring (bicyclic) bond motifs is 8. The smallest absolute Gasteiger partial charge is 0.00960 e. The van der Waals surface area contributed by atoms with Gasteiger partial charge < -0.3 is 0 Å². The molecule has 5 rings (SSSR count). The van der Waals surface area contributed by atoms with Gasteiger partial charge in [-0.3, -0.25) is 0 Å². The van der Waals surface area contributed by atoms with Crippen molar-refractivity contribution in [3.05, 3.63) is 96.1 Å². The van der Waals surface area contributed by atoms with Crippen molar-refractivity contribution in [2.45, 2.75) is 52.4 Å². The number of hydrogen-bond acceptors (Lipinski definition) is 0. The molecule has 0 radical (unpaired) electrons. The molecule has 0 saturated heterocycles. The van der Waals surface area contributed by atoms with Gasteiger partial charge in [0.25, 0.3) is 0 Å². The second kappa shape index (κ2) is 7.20. The molecule has 0 unspecified atom stereocenters. The van der Waals surface area contributed by atoms with E-state index in [9.17, 15) is 0 Å². The van der Waals surface area contributed by atoms with Crippen LogP contribution < -0.4 is 0 Å². The molecule has 0 aliphatic heterocycles. The largest absolute Gasteiger partial charge is 0.0616 e. The van der Waals surface area contributed by atoms with Crippen LogP contribution in [0, 0.1) is 0 Å². The maximum absolute atomic E-state index is 2.42. The Morgan fingerprint density at radius 1 is 0.344 bits per heavy atom. The molecule has 0 N–H and O–H groups in total. The summed E-state index contributed by atoms with van der Waals surface area (Å²) >= 11 is 0. The fraction of sp³-hybridized carbons (Fsp3) is 0.250. The quantitative estimate of drug-likeness (QED) is 0.236. The molecule has 1 aliphatic rings. The van der Waals surface area contributed by atoms with E-state index in [1.165, 1.54) is 55.6 Å². The van der Waals surface area contributed by atoms with Crippen LogP contribution in [-0.4, -0.2) is 0 Å². The maximum atomic E-state index is 2.42. The van der Waals surface area contributed by atoms with Gasteiger partial charge in [0.15, 0.2) is 0 Å². The summed E-state index contributed by atoms with van der Waals surface area (Å²) in [4.78, 5) is 0. The average Bonchev–Trinajstić information content (AvgIpc) is 2.76. The zero-order valence-electron chi connectivity index (χ0n) is 20.1. The molecular formula is C32H32. The molecule has 4 aromatic rings. The van der Waals surface area contributed by atoms with Crippen LogP contribution in [0.2, 0.25) is 0 Å². The van der Waals surface area contributed by atoms with Crippen LogP contribution in [0.3, 0.4) is 0 Å². The summed E-state index contributed by atoms with van der Waals surface area (Å²) in [6.45, 7) is 13.8. The minimum absolute atomic E-state index is 0.103. The van der Waals surface area contributed by atoms with E-state index in [0.29, 0.717) is 0 Å². The summed E-state index contributed by atoms with van der Waals surface area (Å²) in [6.07, 6.45) is 0. The first-order valence-electron chi connectivity index (χ1n) is 11.6. The van der Waals surface area contributed by atoms with Crippen LogP contribution in [0.1, 0.15) is 52.7 Å². The lowest BCUT2D eigenvalue weighted by Crippen LogP contribution is -2.12. The molecule has 0 bridgehead atoms. The van der Waals surface area contributed by atoms with Gasteiger partial charge in [0.2, 0.25) is 0 Å². The van der Waals surface area contributed by atoms with Gasteiger partial charge in [-0.2, -0.15) is 0 Å². The minimum Gasteiger partial charge on any atom is -0.0616 e. The third-order valence-corrected chi connectivity index (χ3v) is 6.79. The molecule has 0 heteroatoms. The van der Waals surface area contributed by atoms with Crippen molar-refractivity contribution in [2.24, 2.45) is 0 Å². The Morgan fingerprint density at radius 2 is 0.625 bits per heavy atom. The highest BCUT2D eigenvalue weighted by molar-refractivity contribution is 6.03. The summed E-state index contributed by atoms with van der Waals surface area (Å²) < 4.78 is 0. The van der Waals surface area contributed by atoms with Crippen LogP contribution in [0.5, 0.6) is 0 Å². The van der Waals surface area contributed by atoms with Crippen molar-refractivity contribution >= 4 is 0 Å². The average molecular weight is 417 g/mol. The molecule has 160 valence electrons. The molecule has 0 saturated carbocycles. The van der Waals surface area contributed by atoms with Crippen LogP contribution in [-0.2, 0) is 10.8 Å². The van der Waals surface area contributed by atoms with Crippen molar-refractivity contribution in [1.82, 2.24) is 0 Å². The highest BCUT2D eigenvalue weighted by atomic mass is 14.3. The number of benzene rings is 4. The van der Waals surface area contributed by atoms with Crippen LogP contribution in [0.25, 0.3) is 44.5 Å². The first kappa shape index (κ1) is 20.8. The molecule has 4 aromatic carbocycles. The monoisotopic (exact) mass is 416 g/mol. The third-order valence-electron chi connectivity index (χ3n) is 6.79.